The quantitative estimate of drug-likeness (QED) is 0.274. The van der Waals surface area contributed by atoms with Gasteiger partial charge < -0.3 is 22.3 Å². The van der Waals surface area contributed by atoms with Gasteiger partial charge in [0.25, 0.3) is 0 Å². The van der Waals surface area contributed by atoms with Crippen molar-refractivity contribution in [2.24, 2.45) is 5.92 Å². The van der Waals surface area contributed by atoms with Crippen LogP contribution in [0.2, 0.25) is 0 Å². The molecule has 1 unspecified atom stereocenters. The smallest absolute Gasteiger partial charge is 0.836 e. The van der Waals surface area contributed by atoms with Gasteiger partial charge in [-0.15, -0.1) is 0 Å². The van der Waals surface area contributed by atoms with Crippen LogP contribution in [0.4, 0.5) is 0 Å². The fourth-order valence-corrected chi connectivity index (χ4v) is 3.37. The molecule has 0 N–H and O–H groups in total. The first kappa shape index (κ1) is 24.8. The van der Waals surface area contributed by atoms with E-state index in [1.165, 1.54) is 12.2 Å². The molecule has 1 aliphatic heterocycles. The number of hydrogen-bond donors (Lipinski definition) is 0. The number of hydrogen-bond acceptors (Lipinski definition) is 6. The Bertz CT molecular complexity index is 396. The van der Waals surface area contributed by atoms with Crippen LogP contribution in [0.15, 0.2) is 0 Å². The standard InChI is InChI=1S/C13H27N2O4S.CH3.Mg/c1-5-20(17,18)11-10-15-8-6-12(7-9-15)13(2,16)14(3)19-4;;/h12H,5-11H2,1-4H3;1H3;/q2*-1;+2. The normalized spacial score (nSPS) is 20.1. The molecular weight excluding hydrogens is 317 g/mol. The zero-order valence-corrected chi connectivity index (χ0v) is 16.9. The summed E-state index contributed by atoms with van der Waals surface area (Å²) in [6.45, 7) is 5.44. The van der Waals surface area contributed by atoms with E-state index in [1.807, 2.05) is 0 Å². The maximum absolute atomic E-state index is 12.5. The van der Waals surface area contributed by atoms with E-state index in [1.54, 1.807) is 20.9 Å². The Morgan fingerprint density at radius 2 is 1.86 bits per heavy atom. The molecular formula is C14H30MgN2O4S. The van der Waals surface area contributed by atoms with Gasteiger partial charge in [0.1, 0.15) is 0 Å². The topological polar surface area (TPSA) is 72.9 Å². The number of rotatable bonds is 7. The van der Waals surface area contributed by atoms with E-state index in [-0.39, 0.29) is 47.9 Å². The number of nitrogens with zero attached hydrogens (tertiary/aromatic N) is 2. The van der Waals surface area contributed by atoms with Gasteiger partial charge in [-0.25, -0.2) is 13.5 Å². The van der Waals surface area contributed by atoms with Crippen molar-refractivity contribution in [2.75, 3.05) is 45.3 Å². The molecule has 6 nitrogen and oxygen atoms in total. The summed E-state index contributed by atoms with van der Waals surface area (Å²) in [5.74, 6) is 0.424. The maximum atomic E-state index is 12.5. The summed E-state index contributed by atoms with van der Waals surface area (Å²) >= 11 is 0. The molecule has 1 fully saturated rings. The van der Waals surface area contributed by atoms with Crippen molar-refractivity contribution in [2.45, 2.75) is 32.4 Å². The molecule has 1 atom stereocenters. The molecule has 0 radical (unpaired) electrons. The molecule has 8 heteroatoms. The van der Waals surface area contributed by atoms with Crippen LogP contribution in [0.1, 0.15) is 26.7 Å². The Labute approximate surface area is 152 Å². The SMILES string of the molecule is CCS(=O)(=O)CCN1CCC(C(C)([O-])N(C)OC)CC1.[CH3-].[Mg+2]. The second-order valence-corrected chi connectivity index (χ2v) is 8.06. The van der Waals surface area contributed by atoms with Crippen LogP contribution in [-0.4, -0.2) is 92.5 Å². The third-order valence-electron chi connectivity index (χ3n) is 4.40. The minimum Gasteiger partial charge on any atom is -0.836 e. The van der Waals surface area contributed by atoms with Crippen molar-refractivity contribution >= 4 is 32.9 Å². The Kier molecular flexibility index (Phi) is 11.8. The third kappa shape index (κ3) is 6.98. The molecule has 0 aromatic heterocycles. The van der Waals surface area contributed by atoms with Gasteiger partial charge in [0.2, 0.25) is 0 Å². The maximum Gasteiger partial charge on any atom is 2.00 e. The van der Waals surface area contributed by atoms with Crippen LogP contribution < -0.4 is 5.11 Å². The summed E-state index contributed by atoms with van der Waals surface area (Å²) in [5.41, 5.74) is -1.24. The molecule has 0 aromatic rings. The van der Waals surface area contributed by atoms with E-state index >= 15 is 0 Å². The van der Waals surface area contributed by atoms with Crippen molar-refractivity contribution < 1.29 is 18.4 Å². The van der Waals surface area contributed by atoms with E-state index < -0.39 is 15.6 Å². The molecule has 0 aromatic carbocycles. The third-order valence-corrected chi connectivity index (χ3v) is 6.09. The second kappa shape index (κ2) is 10.4. The van der Waals surface area contributed by atoms with Gasteiger partial charge in [0, 0.05) is 19.3 Å². The average Bonchev–Trinajstić information content (AvgIpc) is 2.44. The van der Waals surface area contributed by atoms with Gasteiger partial charge in [0.05, 0.1) is 12.9 Å². The van der Waals surface area contributed by atoms with Crippen molar-refractivity contribution in [1.82, 2.24) is 9.96 Å². The summed E-state index contributed by atoms with van der Waals surface area (Å²) in [6.07, 6.45) is 1.56. The Morgan fingerprint density at radius 1 is 1.36 bits per heavy atom. The summed E-state index contributed by atoms with van der Waals surface area (Å²) in [7, 11) is 0.251. The number of likely N-dealkylation sites (tertiary alicyclic amines) is 1. The van der Waals surface area contributed by atoms with Gasteiger partial charge in [-0.05, 0) is 37.6 Å². The first-order valence-corrected chi connectivity index (χ1v) is 8.96. The monoisotopic (exact) mass is 346 g/mol. The minimum absolute atomic E-state index is 0. The fourth-order valence-electron chi connectivity index (χ4n) is 2.54. The van der Waals surface area contributed by atoms with E-state index in [2.05, 4.69) is 4.90 Å². The van der Waals surface area contributed by atoms with E-state index in [4.69, 9.17) is 4.84 Å². The van der Waals surface area contributed by atoms with Gasteiger partial charge >= 0.3 is 23.1 Å². The molecule has 1 saturated heterocycles. The Hall–Kier alpha value is 0.556. The molecule has 1 aliphatic rings. The van der Waals surface area contributed by atoms with Crippen molar-refractivity contribution in [1.29, 1.82) is 0 Å². The van der Waals surface area contributed by atoms with E-state index in [0.717, 1.165) is 25.9 Å². The molecule has 0 saturated carbocycles. The first-order valence-electron chi connectivity index (χ1n) is 7.14. The van der Waals surface area contributed by atoms with Crippen LogP contribution in [0.25, 0.3) is 0 Å². The van der Waals surface area contributed by atoms with Crippen LogP contribution >= 0.6 is 0 Å². The summed E-state index contributed by atoms with van der Waals surface area (Å²) in [4.78, 5) is 7.16. The molecule has 0 bridgehead atoms. The largest absolute Gasteiger partial charge is 2.00 e. The molecule has 0 spiro atoms. The fraction of sp³-hybridized carbons (Fsp3) is 0.929. The molecule has 128 valence electrons. The number of piperidine rings is 1. The molecule has 1 rings (SSSR count). The van der Waals surface area contributed by atoms with Gasteiger partial charge in [-0.3, -0.25) is 0 Å². The van der Waals surface area contributed by atoms with Gasteiger partial charge in [-0.1, -0.05) is 13.8 Å². The summed E-state index contributed by atoms with van der Waals surface area (Å²) in [5, 5.41) is 13.9. The average molecular weight is 347 g/mol. The Morgan fingerprint density at radius 3 is 2.27 bits per heavy atom. The zero-order valence-electron chi connectivity index (χ0n) is 14.7. The van der Waals surface area contributed by atoms with Crippen molar-refractivity contribution in [3.8, 4) is 0 Å². The van der Waals surface area contributed by atoms with Gasteiger partial charge in [-0.2, -0.15) is 0 Å². The minimum atomic E-state index is -2.91. The first-order chi connectivity index (χ1) is 9.23. The summed E-state index contributed by atoms with van der Waals surface area (Å²) in [6, 6.07) is 0. The number of sulfone groups is 1. The van der Waals surface area contributed by atoms with Crippen LogP contribution in [0.5, 0.6) is 0 Å². The van der Waals surface area contributed by atoms with Gasteiger partial charge in [0.15, 0.2) is 9.84 Å². The predicted molar refractivity (Wildman–Crippen MR) is 88.8 cm³/mol. The van der Waals surface area contributed by atoms with Crippen molar-refractivity contribution in [3.05, 3.63) is 7.43 Å². The van der Waals surface area contributed by atoms with Crippen LogP contribution in [0, 0.1) is 13.3 Å². The predicted octanol–water partition coefficient (Wildman–Crippen LogP) is -0.228. The van der Waals surface area contributed by atoms with Crippen molar-refractivity contribution in [3.63, 3.8) is 0 Å². The summed E-state index contributed by atoms with van der Waals surface area (Å²) < 4.78 is 23.0. The van der Waals surface area contributed by atoms with Crippen LogP contribution in [-0.2, 0) is 14.7 Å². The molecule has 0 amide bonds. The van der Waals surface area contributed by atoms with E-state index in [9.17, 15) is 13.5 Å². The van der Waals surface area contributed by atoms with Crippen LogP contribution in [0.3, 0.4) is 0 Å². The number of hydroxylamine groups is 2. The molecule has 0 aliphatic carbocycles. The second-order valence-electron chi connectivity index (χ2n) is 5.59. The van der Waals surface area contributed by atoms with E-state index in [0.29, 0.717) is 6.54 Å². The molecule has 22 heavy (non-hydrogen) atoms. The Balaban J connectivity index is 0. The zero-order chi connectivity index (χ0) is 15.4. The molecule has 1 heterocycles.